The Morgan fingerprint density at radius 2 is 2.24 bits per heavy atom. The predicted molar refractivity (Wildman–Crippen MR) is 66.1 cm³/mol. The van der Waals surface area contributed by atoms with Gasteiger partial charge in [-0.15, -0.1) is 0 Å². The highest BCUT2D eigenvalue weighted by Gasteiger charge is 2.03. The number of hydrogen-bond donors (Lipinski definition) is 1. The molecule has 0 spiro atoms. The largest absolute Gasteiger partial charge is 0.373 e. The van der Waals surface area contributed by atoms with Gasteiger partial charge in [0.2, 0.25) is 0 Å². The summed E-state index contributed by atoms with van der Waals surface area (Å²) in [5.74, 6) is 0.778. The molecule has 0 radical (unpaired) electrons. The van der Waals surface area contributed by atoms with E-state index in [4.69, 9.17) is 0 Å². The smallest absolute Gasteiger partial charge is 0.253 e. The van der Waals surface area contributed by atoms with Crippen LogP contribution < -0.4 is 10.9 Å². The number of nitrogens with zero attached hydrogens (tertiary/aromatic N) is 3. The van der Waals surface area contributed by atoms with Crippen LogP contribution in [0.25, 0.3) is 0 Å². The van der Waals surface area contributed by atoms with Gasteiger partial charge in [0, 0.05) is 30.6 Å². The Hall–Kier alpha value is -2.17. The molecule has 0 aliphatic rings. The van der Waals surface area contributed by atoms with Crippen molar-refractivity contribution in [2.75, 3.05) is 12.4 Å². The maximum atomic E-state index is 11.7. The van der Waals surface area contributed by atoms with E-state index in [2.05, 4.69) is 15.3 Å². The molecule has 0 aliphatic heterocycles. The van der Waals surface area contributed by atoms with Crippen LogP contribution in [0.5, 0.6) is 0 Å². The van der Waals surface area contributed by atoms with Gasteiger partial charge in [-0.25, -0.2) is 9.97 Å². The van der Waals surface area contributed by atoms with Crippen molar-refractivity contribution in [3.05, 3.63) is 52.3 Å². The molecule has 17 heavy (non-hydrogen) atoms. The third kappa shape index (κ3) is 2.50. The Morgan fingerprint density at radius 3 is 2.94 bits per heavy atom. The molecule has 0 unspecified atom stereocenters. The van der Waals surface area contributed by atoms with Gasteiger partial charge in [-0.2, -0.15) is 0 Å². The van der Waals surface area contributed by atoms with Gasteiger partial charge in [0.1, 0.15) is 5.82 Å². The second-order valence-electron chi connectivity index (χ2n) is 3.76. The topological polar surface area (TPSA) is 59.8 Å². The summed E-state index contributed by atoms with van der Waals surface area (Å²) in [6, 6.07) is 5.31. The third-order valence-electron chi connectivity index (χ3n) is 2.48. The molecule has 0 bridgehead atoms. The molecule has 5 heteroatoms. The normalized spacial score (nSPS) is 10.2. The zero-order valence-corrected chi connectivity index (χ0v) is 9.84. The highest BCUT2D eigenvalue weighted by Crippen LogP contribution is 2.11. The molecular formula is C12H14N4O. The van der Waals surface area contributed by atoms with Crippen molar-refractivity contribution in [3.63, 3.8) is 0 Å². The van der Waals surface area contributed by atoms with Gasteiger partial charge >= 0.3 is 0 Å². The second-order valence-corrected chi connectivity index (χ2v) is 3.76. The summed E-state index contributed by atoms with van der Waals surface area (Å²) in [6.07, 6.45) is 3.27. The van der Waals surface area contributed by atoms with Gasteiger partial charge in [0.15, 0.2) is 0 Å². The van der Waals surface area contributed by atoms with Crippen molar-refractivity contribution in [2.24, 2.45) is 0 Å². The molecule has 1 N–H and O–H groups in total. The molecule has 2 heterocycles. The Morgan fingerprint density at radius 1 is 1.41 bits per heavy atom. The fourth-order valence-corrected chi connectivity index (χ4v) is 1.61. The summed E-state index contributed by atoms with van der Waals surface area (Å²) in [7, 11) is 1.81. The van der Waals surface area contributed by atoms with Crippen molar-refractivity contribution in [2.45, 2.75) is 13.5 Å². The average molecular weight is 230 g/mol. The molecule has 0 atom stereocenters. The number of rotatable bonds is 3. The molecule has 5 nitrogen and oxygen atoms in total. The summed E-state index contributed by atoms with van der Waals surface area (Å²) in [4.78, 5) is 20.0. The summed E-state index contributed by atoms with van der Waals surface area (Å²) < 4.78 is 1.56. The first kappa shape index (κ1) is 11.3. The first-order valence-electron chi connectivity index (χ1n) is 5.35. The fraction of sp³-hybridized carbons (Fsp3) is 0.250. The number of aryl methyl sites for hydroxylation is 1. The van der Waals surface area contributed by atoms with Crippen LogP contribution in [0.4, 0.5) is 5.82 Å². The quantitative estimate of drug-likeness (QED) is 0.855. The Balaban J connectivity index is 2.35. The van der Waals surface area contributed by atoms with Crippen LogP contribution in [0.15, 0.2) is 35.5 Å². The second kappa shape index (κ2) is 4.78. The predicted octanol–water partition coefficient (Wildman–Crippen LogP) is 1.04. The molecule has 2 rings (SSSR count). The van der Waals surface area contributed by atoms with E-state index in [1.54, 1.807) is 24.0 Å². The molecule has 0 aliphatic carbocycles. The van der Waals surface area contributed by atoms with E-state index < -0.39 is 0 Å². The minimum absolute atomic E-state index is 0.0524. The Kier molecular flexibility index (Phi) is 3.18. The zero-order valence-electron chi connectivity index (χ0n) is 9.84. The van der Waals surface area contributed by atoms with Crippen molar-refractivity contribution >= 4 is 5.82 Å². The van der Waals surface area contributed by atoms with Gasteiger partial charge in [0.25, 0.3) is 5.56 Å². The molecule has 2 aromatic rings. The van der Waals surface area contributed by atoms with E-state index >= 15 is 0 Å². The third-order valence-corrected chi connectivity index (χ3v) is 2.48. The number of nitrogens with one attached hydrogen (secondary N) is 1. The van der Waals surface area contributed by atoms with E-state index in [1.165, 1.54) is 6.07 Å². The van der Waals surface area contributed by atoms with Crippen molar-refractivity contribution in [1.29, 1.82) is 0 Å². The zero-order chi connectivity index (χ0) is 12.3. The summed E-state index contributed by atoms with van der Waals surface area (Å²) >= 11 is 0. The standard InChI is InChI=1S/C12H14N4O/c1-9-6-11(17)16(8-15-9)7-10-4-3-5-14-12(10)13-2/h3-6,8H,7H2,1-2H3,(H,13,14). The van der Waals surface area contributed by atoms with Crippen LogP contribution in [-0.2, 0) is 6.54 Å². The first-order chi connectivity index (χ1) is 8.20. The van der Waals surface area contributed by atoms with Crippen molar-refractivity contribution in [1.82, 2.24) is 14.5 Å². The average Bonchev–Trinajstić information content (AvgIpc) is 2.33. The van der Waals surface area contributed by atoms with Gasteiger partial charge in [0.05, 0.1) is 12.9 Å². The van der Waals surface area contributed by atoms with Gasteiger partial charge in [-0.1, -0.05) is 6.07 Å². The highest BCUT2D eigenvalue weighted by atomic mass is 16.1. The number of aromatic nitrogens is 3. The summed E-state index contributed by atoms with van der Waals surface area (Å²) in [5.41, 5.74) is 1.64. The summed E-state index contributed by atoms with van der Waals surface area (Å²) in [6.45, 7) is 2.27. The van der Waals surface area contributed by atoms with Crippen LogP contribution in [-0.4, -0.2) is 21.6 Å². The molecular weight excluding hydrogens is 216 g/mol. The monoisotopic (exact) mass is 230 g/mol. The molecule has 0 amide bonds. The molecule has 0 fully saturated rings. The first-order valence-corrected chi connectivity index (χ1v) is 5.35. The lowest BCUT2D eigenvalue weighted by atomic mass is 10.2. The number of anilines is 1. The number of hydrogen-bond acceptors (Lipinski definition) is 4. The molecule has 88 valence electrons. The van der Waals surface area contributed by atoms with Crippen LogP contribution >= 0.6 is 0 Å². The highest BCUT2D eigenvalue weighted by molar-refractivity contribution is 5.42. The van der Waals surface area contributed by atoms with Gasteiger partial charge in [-0.3, -0.25) is 9.36 Å². The van der Waals surface area contributed by atoms with Crippen LogP contribution in [0.1, 0.15) is 11.3 Å². The molecule has 0 aromatic carbocycles. The Labute approximate surface area is 99.2 Å². The molecule has 0 saturated heterocycles. The van der Waals surface area contributed by atoms with Crippen LogP contribution in [0.2, 0.25) is 0 Å². The SMILES string of the molecule is CNc1ncccc1Cn1cnc(C)cc1=O. The molecule has 0 saturated carbocycles. The summed E-state index contributed by atoms with van der Waals surface area (Å²) in [5, 5.41) is 3.00. The van der Waals surface area contributed by atoms with Crippen LogP contribution in [0, 0.1) is 6.92 Å². The fourth-order valence-electron chi connectivity index (χ4n) is 1.61. The number of pyridine rings is 1. The van der Waals surface area contributed by atoms with E-state index in [1.807, 2.05) is 19.2 Å². The lowest BCUT2D eigenvalue weighted by molar-refractivity contribution is 0.729. The van der Waals surface area contributed by atoms with Crippen molar-refractivity contribution in [3.8, 4) is 0 Å². The van der Waals surface area contributed by atoms with E-state index in [0.29, 0.717) is 6.54 Å². The van der Waals surface area contributed by atoms with E-state index in [9.17, 15) is 4.79 Å². The van der Waals surface area contributed by atoms with Gasteiger partial charge < -0.3 is 5.32 Å². The van der Waals surface area contributed by atoms with E-state index in [0.717, 1.165) is 17.1 Å². The minimum atomic E-state index is -0.0524. The minimum Gasteiger partial charge on any atom is -0.373 e. The maximum Gasteiger partial charge on any atom is 0.253 e. The lowest BCUT2D eigenvalue weighted by Gasteiger charge is -2.09. The maximum absolute atomic E-state index is 11.7. The van der Waals surface area contributed by atoms with Crippen molar-refractivity contribution < 1.29 is 0 Å². The molecule has 2 aromatic heterocycles. The van der Waals surface area contributed by atoms with E-state index in [-0.39, 0.29) is 5.56 Å². The van der Waals surface area contributed by atoms with Gasteiger partial charge in [-0.05, 0) is 13.0 Å². The lowest BCUT2D eigenvalue weighted by Crippen LogP contribution is -2.21. The van der Waals surface area contributed by atoms with Crippen LogP contribution in [0.3, 0.4) is 0 Å². The Bertz CT molecular complexity index is 577.